The van der Waals surface area contributed by atoms with E-state index in [-0.39, 0.29) is 0 Å². The molecule has 1 unspecified atom stereocenters. The van der Waals surface area contributed by atoms with Crippen molar-refractivity contribution in [2.75, 3.05) is 7.11 Å². The normalized spacial score (nSPS) is 19.5. The number of primary amides is 1. The molecule has 0 fully saturated rings. The van der Waals surface area contributed by atoms with E-state index in [0.29, 0.717) is 12.1 Å². The number of ether oxygens (including phenoxy) is 1. The maximum Gasteiger partial charge on any atom is 0.247 e. The van der Waals surface area contributed by atoms with Gasteiger partial charge in [0.1, 0.15) is 5.75 Å². The summed E-state index contributed by atoms with van der Waals surface area (Å²) in [6, 6.07) is 28.3. The number of allylic oxidation sites excluding steroid dienone is 2. The van der Waals surface area contributed by atoms with Crippen LogP contribution < -0.4 is 10.5 Å². The van der Waals surface area contributed by atoms with Crippen LogP contribution in [0.25, 0.3) is 6.08 Å². The van der Waals surface area contributed by atoms with Crippen LogP contribution in [0.3, 0.4) is 0 Å². The Kier molecular flexibility index (Phi) is 5.87. The van der Waals surface area contributed by atoms with Crippen molar-refractivity contribution in [2.24, 2.45) is 5.73 Å². The molecular formula is C28H28N2O2. The van der Waals surface area contributed by atoms with Crippen LogP contribution >= 0.6 is 0 Å². The number of nitrogens with zero attached hydrogens (tertiary/aromatic N) is 1. The quantitative estimate of drug-likeness (QED) is 0.587. The first kappa shape index (κ1) is 21.4. The number of hydrogen-bond acceptors (Lipinski definition) is 3. The van der Waals surface area contributed by atoms with Crippen molar-refractivity contribution in [2.45, 2.75) is 25.8 Å². The lowest BCUT2D eigenvalue weighted by atomic mass is 9.73. The molecule has 0 saturated heterocycles. The Morgan fingerprint density at radius 2 is 1.56 bits per heavy atom. The van der Waals surface area contributed by atoms with E-state index in [1.807, 2.05) is 67.6 Å². The minimum Gasteiger partial charge on any atom is -0.497 e. The van der Waals surface area contributed by atoms with Crippen LogP contribution in [-0.2, 0) is 16.8 Å². The lowest BCUT2D eigenvalue weighted by Gasteiger charge is -2.33. The van der Waals surface area contributed by atoms with Gasteiger partial charge in [-0.05, 0) is 48.7 Å². The van der Waals surface area contributed by atoms with Crippen LogP contribution in [0.2, 0.25) is 0 Å². The molecule has 0 spiro atoms. The fourth-order valence-corrected chi connectivity index (χ4v) is 4.62. The van der Waals surface area contributed by atoms with Gasteiger partial charge >= 0.3 is 0 Å². The molecule has 0 aliphatic carbocycles. The highest BCUT2D eigenvalue weighted by Gasteiger charge is 2.47. The minimum absolute atomic E-state index is 0.407. The molecule has 1 aliphatic heterocycles. The van der Waals surface area contributed by atoms with Gasteiger partial charge in [0.15, 0.2) is 0 Å². The van der Waals surface area contributed by atoms with Crippen LogP contribution in [0.15, 0.2) is 102 Å². The summed E-state index contributed by atoms with van der Waals surface area (Å²) in [5.74, 6) is 0.363. The van der Waals surface area contributed by atoms with E-state index < -0.39 is 11.3 Å². The molecule has 0 aromatic heterocycles. The van der Waals surface area contributed by atoms with Gasteiger partial charge < -0.3 is 15.4 Å². The highest BCUT2D eigenvalue weighted by molar-refractivity contribution is 5.98. The number of methoxy groups -OCH3 is 1. The molecule has 0 saturated carbocycles. The summed E-state index contributed by atoms with van der Waals surface area (Å²) in [5.41, 5.74) is 11.0. The highest BCUT2D eigenvalue weighted by Crippen LogP contribution is 2.50. The SMILES string of the molecule is COc1ccc(C2(C)C(C(N)=O)=C(C)N(Cc3ccccc3)/C2=C\c2ccccc2)cc1. The third kappa shape index (κ3) is 3.80. The fraction of sp³-hybridized carbons (Fsp3) is 0.179. The lowest BCUT2D eigenvalue weighted by Crippen LogP contribution is -2.33. The summed E-state index contributed by atoms with van der Waals surface area (Å²) in [4.78, 5) is 15.0. The molecule has 162 valence electrons. The number of carbonyl (C=O) groups excluding carboxylic acids is 1. The van der Waals surface area contributed by atoms with Gasteiger partial charge in [-0.15, -0.1) is 0 Å². The predicted molar refractivity (Wildman–Crippen MR) is 129 cm³/mol. The van der Waals surface area contributed by atoms with E-state index in [1.54, 1.807) is 7.11 Å². The Morgan fingerprint density at radius 1 is 0.969 bits per heavy atom. The molecule has 32 heavy (non-hydrogen) atoms. The Morgan fingerprint density at radius 3 is 2.12 bits per heavy atom. The Balaban J connectivity index is 1.93. The molecule has 2 N–H and O–H groups in total. The van der Waals surface area contributed by atoms with Crippen molar-refractivity contribution in [1.82, 2.24) is 4.90 Å². The van der Waals surface area contributed by atoms with Crippen LogP contribution in [-0.4, -0.2) is 17.9 Å². The Hall–Kier alpha value is -3.79. The smallest absolute Gasteiger partial charge is 0.247 e. The van der Waals surface area contributed by atoms with Gasteiger partial charge in [0.25, 0.3) is 0 Å². The van der Waals surface area contributed by atoms with Crippen molar-refractivity contribution in [3.8, 4) is 5.75 Å². The number of rotatable bonds is 6. The van der Waals surface area contributed by atoms with E-state index in [4.69, 9.17) is 10.5 Å². The first-order valence-corrected chi connectivity index (χ1v) is 10.7. The van der Waals surface area contributed by atoms with E-state index in [1.165, 1.54) is 0 Å². The lowest BCUT2D eigenvalue weighted by molar-refractivity contribution is -0.115. The molecule has 3 aromatic rings. The van der Waals surface area contributed by atoms with Gasteiger partial charge in [-0.2, -0.15) is 0 Å². The van der Waals surface area contributed by atoms with Crippen molar-refractivity contribution in [3.05, 3.63) is 119 Å². The van der Waals surface area contributed by atoms with Crippen LogP contribution in [0, 0.1) is 0 Å². The maximum absolute atomic E-state index is 12.8. The third-order valence-corrected chi connectivity index (χ3v) is 6.27. The Labute approximate surface area is 189 Å². The maximum atomic E-state index is 12.8. The zero-order valence-corrected chi connectivity index (χ0v) is 18.7. The summed E-state index contributed by atoms with van der Waals surface area (Å²) in [6.45, 7) is 4.71. The number of hydrogen-bond donors (Lipinski definition) is 1. The first-order chi connectivity index (χ1) is 15.4. The number of carbonyl (C=O) groups is 1. The number of benzene rings is 3. The van der Waals surface area contributed by atoms with Gasteiger partial charge in [0.05, 0.1) is 18.1 Å². The third-order valence-electron chi connectivity index (χ3n) is 6.27. The minimum atomic E-state index is -0.702. The molecule has 4 nitrogen and oxygen atoms in total. The fourth-order valence-electron chi connectivity index (χ4n) is 4.62. The van der Waals surface area contributed by atoms with Crippen LogP contribution in [0.5, 0.6) is 5.75 Å². The van der Waals surface area contributed by atoms with Gasteiger partial charge in [-0.3, -0.25) is 4.79 Å². The van der Waals surface area contributed by atoms with Gasteiger partial charge in [0.2, 0.25) is 5.91 Å². The van der Waals surface area contributed by atoms with Crippen molar-refractivity contribution in [1.29, 1.82) is 0 Å². The van der Waals surface area contributed by atoms with E-state index in [0.717, 1.165) is 33.8 Å². The van der Waals surface area contributed by atoms with Gasteiger partial charge in [0, 0.05) is 17.9 Å². The number of amides is 1. The summed E-state index contributed by atoms with van der Waals surface area (Å²) in [7, 11) is 1.65. The van der Waals surface area contributed by atoms with Crippen LogP contribution in [0.4, 0.5) is 0 Å². The standard InChI is InChI=1S/C28H28N2O2/c1-20-26(27(29)31)28(2,23-14-16-24(32-3)17-15-23)25(18-21-10-6-4-7-11-21)30(20)19-22-12-8-5-9-13-22/h4-18H,19H2,1-3H3,(H2,29,31)/b25-18-. The molecule has 1 aliphatic rings. The van der Waals surface area contributed by atoms with Crippen molar-refractivity contribution >= 4 is 12.0 Å². The molecule has 0 bridgehead atoms. The molecule has 4 heteroatoms. The summed E-state index contributed by atoms with van der Waals surface area (Å²) in [5, 5.41) is 0. The van der Waals surface area contributed by atoms with E-state index in [9.17, 15) is 4.79 Å². The monoisotopic (exact) mass is 424 g/mol. The summed E-state index contributed by atoms with van der Waals surface area (Å²) in [6.07, 6.45) is 2.16. The molecule has 1 amide bonds. The van der Waals surface area contributed by atoms with E-state index in [2.05, 4.69) is 42.2 Å². The molecule has 3 aromatic carbocycles. The van der Waals surface area contributed by atoms with Gasteiger partial charge in [-0.1, -0.05) is 72.8 Å². The van der Waals surface area contributed by atoms with Crippen molar-refractivity contribution < 1.29 is 9.53 Å². The highest BCUT2D eigenvalue weighted by atomic mass is 16.5. The molecule has 4 rings (SSSR count). The zero-order valence-electron chi connectivity index (χ0n) is 18.7. The molecule has 0 radical (unpaired) electrons. The van der Waals surface area contributed by atoms with E-state index >= 15 is 0 Å². The van der Waals surface area contributed by atoms with Gasteiger partial charge in [-0.25, -0.2) is 0 Å². The molecular weight excluding hydrogens is 396 g/mol. The second-order valence-electron chi connectivity index (χ2n) is 8.19. The first-order valence-electron chi connectivity index (χ1n) is 10.7. The van der Waals surface area contributed by atoms with Crippen LogP contribution in [0.1, 0.15) is 30.5 Å². The molecule has 1 atom stereocenters. The summed E-state index contributed by atoms with van der Waals surface area (Å²) < 4.78 is 5.35. The predicted octanol–water partition coefficient (Wildman–Crippen LogP) is 5.27. The van der Waals surface area contributed by atoms with Crippen molar-refractivity contribution in [3.63, 3.8) is 0 Å². The number of nitrogens with two attached hydrogens (primary N) is 1. The largest absolute Gasteiger partial charge is 0.497 e. The Bertz CT molecular complexity index is 1170. The average molecular weight is 425 g/mol. The second-order valence-corrected chi connectivity index (χ2v) is 8.19. The molecule has 1 heterocycles. The average Bonchev–Trinajstić information content (AvgIpc) is 3.02. The summed E-state index contributed by atoms with van der Waals surface area (Å²) >= 11 is 0. The topological polar surface area (TPSA) is 55.6 Å². The second kappa shape index (κ2) is 8.75. The zero-order chi connectivity index (χ0) is 22.7.